The van der Waals surface area contributed by atoms with Gasteiger partial charge in [0.2, 0.25) is 0 Å². The molecule has 0 saturated carbocycles. The molecule has 0 fully saturated rings. The maximum atomic E-state index is 9.53. The van der Waals surface area contributed by atoms with Gasteiger partial charge in [-0.05, 0) is 75.8 Å². The molecule has 250 valence electrons. The molecule has 0 amide bonds. The van der Waals surface area contributed by atoms with Crippen LogP contribution in [0, 0.1) is 11.3 Å². The average molecular weight is 682 g/mol. The van der Waals surface area contributed by atoms with Crippen molar-refractivity contribution in [3.63, 3.8) is 0 Å². The molecule has 2 atom stereocenters. The summed E-state index contributed by atoms with van der Waals surface area (Å²) in [5, 5.41) is 13.2. The largest absolute Gasteiger partial charge is 0.457 e. The maximum Gasteiger partial charge on any atom is 0.159 e. The fourth-order valence-electron chi connectivity index (χ4n) is 8.23. The third kappa shape index (κ3) is 4.72. The van der Waals surface area contributed by atoms with Crippen molar-refractivity contribution in [2.45, 2.75) is 11.6 Å². The molecule has 7 aromatic rings. The van der Waals surface area contributed by atoms with E-state index >= 15 is 0 Å². The second-order valence-electron chi connectivity index (χ2n) is 13.5. The summed E-state index contributed by atoms with van der Waals surface area (Å²) in [5.41, 5.74) is 18.5. The first kappa shape index (κ1) is 30.6. The standard InChI is InChI=1S/C47H31N5O/c48-28-29-19-22-34(41(49)25-29)32-20-23-36-35-15-7-8-16-37(35)47(39(36)26-32)38-17-9-10-18-42(38)53-43-24-21-33(27-40(43)47)46-51-44(30-11-3-1-4-12-30)50-45(52-46)31-13-5-2-6-14-31/h1-27,44H,49H2,(H,50,51,52). The fourth-order valence-corrected chi connectivity index (χ4v) is 8.23. The molecule has 2 aliphatic heterocycles. The van der Waals surface area contributed by atoms with Crippen molar-refractivity contribution in [1.82, 2.24) is 5.32 Å². The lowest BCUT2D eigenvalue weighted by atomic mass is 9.65. The minimum Gasteiger partial charge on any atom is -0.457 e. The van der Waals surface area contributed by atoms with E-state index in [1.54, 1.807) is 6.07 Å². The van der Waals surface area contributed by atoms with Gasteiger partial charge in [0.05, 0.1) is 17.0 Å². The summed E-state index contributed by atoms with van der Waals surface area (Å²) in [6.07, 6.45) is -0.325. The summed E-state index contributed by atoms with van der Waals surface area (Å²) in [5.74, 6) is 3.00. The van der Waals surface area contributed by atoms with E-state index < -0.39 is 5.41 Å². The Balaban J connectivity index is 1.21. The van der Waals surface area contributed by atoms with E-state index in [2.05, 4.69) is 102 Å². The first-order valence-electron chi connectivity index (χ1n) is 17.6. The number of nitrogens with two attached hydrogens (primary N) is 1. The molecule has 0 bridgehead atoms. The molecule has 3 aliphatic rings. The highest BCUT2D eigenvalue weighted by Gasteiger charge is 2.51. The van der Waals surface area contributed by atoms with E-state index in [0.29, 0.717) is 17.1 Å². The van der Waals surface area contributed by atoms with E-state index in [0.717, 1.165) is 67.4 Å². The number of nitrogens with one attached hydrogen (secondary N) is 1. The lowest BCUT2D eigenvalue weighted by molar-refractivity contribution is 0.436. The van der Waals surface area contributed by atoms with Gasteiger partial charge >= 0.3 is 0 Å². The molecule has 10 rings (SSSR count). The molecule has 53 heavy (non-hydrogen) atoms. The summed E-state index contributed by atoms with van der Waals surface area (Å²) >= 11 is 0. The number of nitriles is 1. The minimum atomic E-state index is -0.714. The van der Waals surface area contributed by atoms with Crippen molar-refractivity contribution in [2.75, 3.05) is 5.73 Å². The van der Waals surface area contributed by atoms with Crippen molar-refractivity contribution < 1.29 is 4.74 Å². The molecule has 6 heteroatoms. The van der Waals surface area contributed by atoms with Crippen molar-refractivity contribution in [1.29, 1.82) is 5.26 Å². The lowest BCUT2D eigenvalue weighted by Crippen LogP contribution is -2.35. The molecule has 2 heterocycles. The van der Waals surface area contributed by atoms with Crippen LogP contribution in [0.15, 0.2) is 174 Å². The van der Waals surface area contributed by atoms with Crippen LogP contribution in [-0.4, -0.2) is 11.7 Å². The Morgan fingerprint density at radius 3 is 2.06 bits per heavy atom. The van der Waals surface area contributed by atoms with E-state index in [-0.39, 0.29) is 6.17 Å². The van der Waals surface area contributed by atoms with Gasteiger partial charge < -0.3 is 15.8 Å². The molecule has 6 nitrogen and oxygen atoms in total. The Hall–Kier alpha value is -7.23. The summed E-state index contributed by atoms with van der Waals surface area (Å²) in [6, 6.07) is 58.1. The van der Waals surface area contributed by atoms with Crippen LogP contribution in [0.1, 0.15) is 50.7 Å². The molecular formula is C47H31N5O. The topological polar surface area (TPSA) is 95.8 Å². The maximum absolute atomic E-state index is 9.53. The molecule has 2 unspecified atom stereocenters. The SMILES string of the molecule is N#Cc1ccc(-c2ccc3c(c2)C2(c4ccccc4Oc4ccc(C5=NC(c6ccccc6)=NC(c6ccccc6)N5)cc42)c2ccccc2-3)c(N)c1. The van der Waals surface area contributed by atoms with Crippen LogP contribution in [0.25, 0.3) is 22.3 Å². The Morgan fingerprint density at radius 2 is 1.25 bits per heavy atom. The van der Waals surface area contributed by atoms with Crippen molar-refractivity contribution in [3.8, 4) is 39.8 Å². The molecule has 0 radical (unpaired) electrons. The van der Waals surface area contributed by atoms with Crippen LogP contribution in [0.4, 0.5) is 5.69 Å². The zero-order chi connectivity index (χ0) is 35.5. The number of aliphatic imine (C=N–C) groups is 2. The van der Waals surface area contributed by atoms with Gasteiger partial charge in [-0.15, -0.1) is 0 Å². The smallest absolute Gasteiger partial charge is 0.159 e. The van der Waals surface area contributed by atoms with Crippen LogP contribution < -0.4 is 15.8 Å². The van der Waals surface area contributed by atoms with Crippen LogP contribution in [-0.2, 0) is 5.41 Å². The van der Waals surface area contributed by atoms with Gasteiger partial charge in [-0.1, -0.05) is 121 Å². The van der Waals surface area contributed by atoms with Gasteiger partial charge in [0.25, 0.3) is 0 Å². The monoisotopic (exact) mass is 681 g/mol. The second-order valence-corrected chi connectivity index (χ2v) is 13.5. The number of hydrogen-bond donors (Lipinski definition) is 2. The first-order chi connectivity index (χ1) is 26.1. The highest BCUT2D eigenvalue weighted by atomic mass is 16.5. The molecule has 3 N–H and O–H groups in total. The molecule has 1 spiro atoms. The second kappa shape index (κ2) is 11.9. The molecule has 0 saturated heterocycles. The number of amidine groups is 2. The van der Waals surface area contributed by atoms with Crippen LogP contribution in [0.5, 0.6) is 11.5 Å². The summed E-state index contributed by atoms with van der Waals surface area (Å²) in [7, 11) is 0. The molecule has 7 aromatic carbocycles. The predicted molar refractivity (Wildman–Crippen MR) is 210 cm³/mol. The number of nitrogen functional groups attached to an aromatic ring is 1. The van der Waals surface area contributed by atoms with E-state index in [1.807, 2.05) is 66.7 Å². The van der Waals surface area contributed by atoms with Crippen LogP contribution in [0.3, 0.4) is 0 Å². The van der Waals surface area contributed by atoms with Crippen molar-refractivity contribution in [3.05, 3.63) is 208 Å². The van der Waals surface area contributed by atoms with Crippen molar-refractivity contribution >= 4 is 17.4 Å². The number of anilines is 1. The van der Waals surface area contributed by atoms with E-state index in [4.69, 9.17) is 20.5 Å². The number of hydrogen-bond acceptors (Lipinski definition) is 6. The summed E-state index contributed by atoms with van der Waals surface area (Å²) in [6.45, 7) is 0. The highest BCUT2D eigenvalue weighted by molar-refractivity contribution is 6.13. The highest BCUT2D eigenvalue weighted by Crippen LogP contribution is 2.62. The van der Waals surface area contributed by atoms with Gasteiger partial charge in [-0.2, -0.15) is 5.26 Å². The van der Waals surface area contributed by atoms with Gasteiger partial charge in [0.15, 0.2) is 5.84 Å². The normalized spacial score (nSPS) is 17.5. The molecule has 1 aliphatic carbocycles. The molecular weight excluding hydrogens is 651 g/mol. The zero-order valence-corrected chi connectivity index (χ0v) is 28.5. The van der Waals surface area contributed by atoms with Gasteiger partial charge in [0.1, 0.15) is 23.5 Å². The Kier molecular flexibility index (Phi) is 6.89. The third-order valence-corrected chi connectivity index (χ3v) is 10.6. The van der Waals surface area contributed by atoms with Gasteiger partial charge in [-0.25, -0.2) is 9.98 Å². The van der Waals surface area contributed by atoms with E-state index in [1.165, 1.54) is 11.1 Å². The Morgan fingerprint density at radius 1 is 0.585 bits per heavy atom. The molecule has 0 aromatic heterocycles. The minimum absolute atomic E-state index is 0.325. The van der Waals surface area contributed by atoms with Gasteiger partial charge in [0, 0.05) is 33.5 Å². The third-order valence-electron chi connectivity index (χ3n) is 10.6. The van der Waals surface area contributed by atoms with Crippen LogP contribution in [0.2, 0.25) is 0 Å². The van der Waals surface area contributed by atoms with Gasteiger partial charge in [-0.3, -0.25) is 0 Å². The number of nitrogens with zero attached hydrogens (tertiary/aromatic N) is 3. The lowest BCUT2D eigenvalue weighted by Gasteiger charge is -2.40. The number of para-hydroxylation sites is 1. The average Bonchev–Trinajstić information content (AvgIpc) is 3.51. The Labute approximate surface area is 307 Å². The predicted octanol–water partition coefficient (Wildman–Crippen LogP) is 9.77. The number of fused-ring (bicyclic) bond motifs is 9. The summed E-state index contributed by atoms with van der Waals surface area (Å²) in [4.78, 5) is 10.2. The zero-order valence-electron chi connectivity index (χ0n) is 28.5. The number of rotatable bonds is 4. The number of ether oxygens (including phenoxy) is 1. The number of benzene rings is 7. The Bertz CT molecular complexity index is 2710. The first-order valence-corrected chi connectivity index (χ1v) is 17.6. The van der Waals surface area contributed by atoms with Crippen molar-refractivity contribution in [2.24, 2.45) is 9.98 Å². The fraction of sp³-hybridized carbons (Fsp3) is 0.0426. The summed E-state index contributed by atoms with van der Waals surface area (Å²) < 4.78 is 6.74. The van der Waals surface area contributed by atoms with Crippen LogP contribution >= 0.6 is 0 Å². The quantitative estimate of drug-likeness (QED) is 0.181. The van der Waals surface area contributed by atoms with E-state index in [9.17, 15) is 5.26 Å².